The summed E-state index contributed by atoms with van der Waals surface area (Å²) in [5, 5.41) is 12.0. The van der Waals surface area contributed by atoms with Gasteiger partial charge in [0.2, 0.25) is 0 Å². The van der Waals surface area contributed by atoms with E-state index in [4.69, 9.17) is 5.26 Å². The van der Waals surface area contributed by atoms with Gasteiger partial charge in [-0.15, -0.1) is 0 Å². The van der Waals surface area contributed by atoms with E-state index in [1.165, 1.54) is 6.07 Å². The average Bonchev–Trinajstić information content (AvgIpc) is 2.27. The first kappa shape index (κ1) is 14.4. The summed E-state index contributed by atoms with van der Waals surface area (Å²) in [6.45, 7) is 5.91. The average molecular weight is 256 g/mol. The Bertz CT molecular complexity index is 458. The zero-order valence-electron chi connectivity index (χ0n) is 10.5. The van der Waals surface area contributed by atoms with Gasteiger partial charge in [-0.3, -0.25) is 0 Å². The van der Waals surface area contributed by atoms with E-state index in [0.717, 1.165) is 12.1 Å². The number of benzene rings is 1. The number of hydrogen-bond donors (Lipinski definition) is 1. The molecule has 0 saturated carbocycles. The molecule has 5 heteroatoms. The summed E-state index contributed by atoms with van der Waals surface area (Å²) in [6.07, 6.45) is -4.42. The molecule has 0 aliphatic heterocycles. The highest BCUT2D eigenvalue weighted by Gasteiger charge is 2.31. The Morgan fingerprint density at radius 2 is 1.83 bits per heavy atom. The summed E-state index contributed by atoms with van der Waals surface area (Å²) >= 11 is 0. The first-order chi connectivity index (χ1) is 8.25. The van der Waals surface area contributed by atoms with Crippen molar-refractivity contribution in [3.05, 3.63) is 29.3 Å². The van der Waals surface area contributed by atoms with Crippen molar-refractivity contribution >= 4 is 5.69 Å². The lowest BCUT2D eigenvalue weighted by molar-refractivity contribution is -0.137. The molecule has 0 spiro atoms. The molecule has 0 heterocycles. The smallest absolute Gasteiger partial charge is 0.381 e. The molecule has 1 atom stereocenters. The highest BCUT2D eigenvalue weighted by atomic mass is 19.4. The van der Waals surface area contributed by atoms with Crippen LogP contribution < -0.4 is 5.32 Å². The molecule has 1 rings (SSSR count). The van der Waals surface area contributed by atoms with Crippen LogP contribution in [0.4, 0.5) is 18.9 Å². The van der Waals surface area contributed by atoms with E-state index >= 15 is 0 Å². The van der Waals surface area contributed by atoms with Crippen LogP contribution in [-0.2, 0) is 6.18 Å². The third kappa shape index (κ3) is 3.39. The second-order valence-corrected chi connectivity index (χ2v) is 4.55. The van der Waals surface area contributed by atoms with Crippen molar-refractivity contribution in [1.82, 2.24) is 0 Å². The van der Waals surface area contributed by atoms with Crippen molar-refractivity contribution in [2.24, 2.45) is 5.92 Å². The lowest BCUT2D eigenvalue weighted by atomic mass is 10.0. The Morgan fingerprint density at radius 3 is 2.28 bits per heavy atom. The third-order valence-corrected chi connectivity index (χ3v) is 2.85. The minimum absolute atomic E-state index is 0.0114. The first-order valence-electron chi connectivity index (χ1n) is 5.63. The predicted molar refractivity (Wildman–Crippen MR) is 64.1 cm³/mol. The van der Waals surface area contributed by atoms with E-state index in [1.807, 2.05) is 20.8 Å². The number of alkyl halides is 3. The normalized spacial score (nSPS) is 13.2. The van der Waals surface area contributed by atoms with E-state index in [1.54, 1.807) is 6.07 Å². The van der Waals surface area contributed by atoms with Crippen LogP contribution in [0.3, 0.4) is 0 Å². The number of nitriles is 1. The Kier molecular flexibility index (Phi) is 4.23. The van der Waals surface area contributed by atoms with Gasteiger partial charge in [0.15, 0.2) is 0 Å². The molecule has 1 unspecified atom stereocenters. The predicted octanol–water partition coefficient (Wildman–Crippen LogP) is 4.03. The molecule has 1 aromatic carbocycles. The first-order valence-corrected chi connectivity index (χ1v) is 5.63. The molecule has 0 saturated heterocycles. The summed E-state index contributed by atoms with van der Waals surface area (Å²) in [6, 6.07) is 5.03. The molecule has 0 radical (unpaired) electrons. The standard InChI is InChI=1S/C13H15F3N2/c1-8(2)9(3)18-12-5-4-11(13(14,15)16)6-10(12)7-17/h4-6,8-9,18H,1-3H3. The molecule has 18 heavy (non-hydrogen) atoms. The van der Waals surface area contributed by atoms with Gasteiger partial charge in [0.05, 0.1) is 16.8 Å². The fourth-order valence-corrected chi connectivity index (χ4v) is 1.35. The molecular weight excluding hydrogens is 241 g/mol. The van der Waals surface area contributed by atoms with Crippen molar-refractivity contribution in [2.75, 3.05) is 5.32 Å². The van der Waals surface area contributed by atoms with Crippen LogP contribution in [-0.4, -0.2) is 6.04 Å². The fourth-order valence-electron chi connectivity index (χ4n) is 1.35. The van der Waals surface area contributed by atoms with Crippen molar-refractivity contribution in [3.63, 3.8) is 0 Å². The molecule has 1 N–H and O–H groups in total. The Morgan fingerprint density at radius 1 is 1.22 bits per heavy atom. The Balaban J connectivity index is 3.06. The minimum atomic E-state index is -4.42. The van der Waals surface area contributed by atoms with Crippen molar-refractivity contribution in [3.8, 4) is 6.07 Å². The summed E-state index contributed by atoms with van der Waals surface area (Å²) in [5.41, 5.74) is -0.356. The van der Waals surface area contributed by atoms with Gasteiger partial charge < -0.3 is 5.32 Å². The van der Waals surface area contributed by atoms with Crippen LogP contribution in [0.15, 0.2) is 18.2 Å². The summed E-state index contributed by atoms with van der Waals surface area (Å²) < 4.78 is 37.5. The molecule has 0 fully saturated rings. The molecular formula is C13H15F3N2. The number of nitrogens with zero attached hydrogens (tertiary/aromatic N) is 1. The second kappa shape index (κ2) is 5.30. The maximum absolute atomic E-state index is 12.5. The summed E-state index contributed by atoms with van der Waals surface area (Å²) in [5.74, 6) is 0.318. The van der Waals surface area contributed by atoms with Gasteiger partial charge >= 0.3 is 6.18 Å². The van der Waals surface area contributed by atoms with Gasteiger partial charge in [-0.2, -0.15) is 18.4 Å². The third-order valence-electron chi connectivity index (χ3n) is 2.85. The molecule has 0 aliphatic carbocycles. The van der Waals surface area contributed by atoms with Crippen molar-refractivity contribution in [2.45, 2.75) is 33.0 Å². The van der Waals surface area contributed by atoms with Crippen molar-refractivity contribution < 1.29 is 13.2 Å². The van der Waals surface area contributed by atoms with Crippen LogP contribution in [0.5, 0.6) is 0 Å². The van der Waals surface area contributed by atoms with Gasteiger partial charge in [-0.05, 0) is 31.0 Å². The van der Waals surface area contributed by atoms with Crippen molar-refractivity contribution in [1.29, 1.82) is 5.26 Å². The number of nitrogens with one attached hydrogen (secondary N) is 1. The van der Waals surface area contributed by atoms with Gasteiger partial charge in [0.25, 0.3) is 0 Å². The van der Waals surface area contributed by atoms with Crippen LogP contribution >= 0.6 is 0 Å². The van der Waals surface area contributed by atoms with E-state index in [9.17, 15) is 13.2 Å². The lowest BCUT2D eigenvalue weighted by Crippen LogP contribution is -2.22. The summed E-state index contributed by atoms with van der Waals surface area (Å²) in [4.78, 5) is 0. The molecule has 98 valence electrons. The number of rotatable bonds is 3. The minimum Gasteiger partial charge on any atom is -0.381 e. The molecule has 0 aromatic heterocycles. The van der Waals surface area contributed by atoms with E-state index in [2.05, 4.69) is 5.32 Å². The lowest BCUT2D eigenvalue weighted by Gasteiger charge is -2.20. The topological polar surface area (TPSA) is 35.8 Å². The molecule has 1 aromatic rings. The highest BCUT2D eigenvalue weighted by molar-refractivity contribution is 5.59. The fraction of sp³-hybridized carbons (Fsp3) is 0.462. The quantitative estimate of drug-likeness (QED) is 0.886. The summed E-state index contributed by atoms with van der Waals surface area (Å²) in [7, 11) is 0. The largest absolute Gasteiger partial charge is 0.416 e. The maximum Gasteiger partial charge on any atom is 0.416 e. The maximum atomic E-state index is 12.5. The van der Waals surface area contributed by atoms with E-state index < -0.39 is 11.7 Å². The van der Waals surface area contributed by atoms with Crippen LogP contribution in [0, 0.1) is 17.2 Å². The SMILES string of the molecule is CC(C)C(C)Nc1ccc(C(F)(F)F)cc1C#N. The number of halogens is 3. The van der Waals surface area contributed by atoms with E-state index in [-0.39, 0.29) is 11.6 Å². The van der Waals surface area contributed by atoms with Gasteiger partial charge in [-0.1, -0.05) is 13.8 Å². The number of anilines is 1. The van der Waals surface area contributed by atoms with Crippen LogP contribution in [0.25, 0.3) is 0 Å². The Hall–Kier alpha value is -1.70. The van der Waals surface area contributed by atoms with Gasteiger partial charge in [0.1, 0.15) is 6.07 Å². The van der Waals surface area contributed by atoms with Crippen LogP contribution in [0.1, 0.15) is 31.9 Å². The highest BCUT2D eigenvalue weighted by Crippen LogP contribution is 2.31. The van der Waals surface area contributed by atoms with Gasteiger partial charge in [-0.25, -0.2) is 0 Å². The zero-order valence-corrected chi connectivity index (χ0v) is 10.5. The molecule has 2 nitrogen and oxygen atoms in total. The Labute approximate surface area is 104 Å². The molecule has 0 bridgehead atoms. The number of hydrogen-bond acceptors (Lipinski definition) is 2. The second-order valence-electron chi connectivity index (χ2n) is 4.55. The van der Waals surface area contributed by atoms with Gasteiger partial charge in [0, 0.05) is 6.04 Å². The van der Waals surface area contributed by atoms with Crippen LogP contribution in [0.2, 0.25) is 0 Å². The van der Waals surface area contributed by atoms with E-state index in [0.29, 0.717) is 11.6 Å². The monoisotopic (exact) mass is 256 g/mol. The zero-order chi connectivity index (χ0) is 13.9. The molecule has 0 aliphatic rings. The molecule has 0 amide bonds.